The highest BCUT2D eigenvalue weighted by Crippen LogP contribution is 2.36. The van der Waals surface area contributed by atoms with E-state index in [9.17, 15) is 0 Å². The normalized spacial score (nSPS) is 15.9. The van der Waals surface area contributed by atoms with Crippen LogP contribution in [0.25, 0.3) is 11.4 Å². The summed E-state index contributed by atoms with van der Waals surface area (Å²) < 4.78 is 0. The molecule has 0 saturated heterocycles. The van der Waals surface area contributed by atoms with Crippen LogP contribution >= 0.6 is 0 Å². The summed E-state index contributed by atoms with van der Waals surface area (Å²) in [6.45, 7) is 2.25. The van der Waals surface area contributed by atoms with Crippen molar-refractivity contribution in [3.63, 3.8) is 0 Å². The summed E-state index contributed by atoms with van der Waals surface area (Å²) in [4.78, 5) is 11.2. The van der Waals surface area contributed by atoms with Crippen molar-refractivity contribution in [1.29, 1.82) is 0 Å². The molecule has 1 aliphatic rings. The summed E-state index contributed by atoms with van der Waals surface area (Å²) in [7, 11) is 2.08. The Morgan fingerprint density at radius 2 is 1.90 bits per heavy atom. The molecule has 1 unspecified atom stereocenters. The number of benzene rings is 1. The molecule has 1 atom stereocenters. The lowest BCUT2D eigenvalue weighted by Gasteiger charge is -2.26. The first-order valence-electron chi connectivity index (χ1n) is 7.08. The number of nitrogens with two attached hydrogens (primary N) is 1. The Bertz CT molecular complexity index is 593. The zero-order valence-corrected chi connectivity index (χ0v) is 12.0. The van der Waals surface area contributed by atoms with Gasteiger partial charge in [-0.3, -0.25) is 0 Å². The zero-order valence-electron chi connectivity index (χ0n) is 12.0. The van der Waals surface area contributed by atoms with Gasteiger partial charge >= 0.3 is 0 Å². The van der Waals surface area contributed by atoms with Gasteiger partial charge < -0.3 is 10.6 Å². The highest BCUT2D eigenvalue weighted by molar-refractivity contribution is 5.60. The predicted octanol–water partition coefficient (Wildman–Crippen LogP) is 2.96. The molecule has 1 aliphatic carbocycles. The first-order chi connectivity index (χ1) is 9.65. The number of nitrogen functional groups attached to an aromatic ring is 1. The molecule has 1 heterocycles. The number of aromatic nitrogens is 2. The lowest BCUT2D eigenvalue weighted by Crippen LogP contribution is -2.31. The van der Waals surface area contributed by atoms with Crippen LogP contribution in [0.3, 0.4) is 0 Å². The number of rotatable bonds is 4. The standard InChI is InChI=1S/C16H20N4/c1-11(12-8-9-12)20(2)15-10-14(17)18-16(19-15)13-6-4-3-5-7-13/h3-7,10-12H,8-9H2,1-2H3,(H2,17,18,19). The van der Waals surface area contributed by atoms with E-state index < -0.39 is 0 Å². The Hall–Kier alpha value is -2.10. The van der Waals surface area contributed by atoms with Crippen LogP contribution in [0.5, 0.6) is 0 Å². The third-order valence-corrected chi connectivity index (χ3v) is 4.04. The van der Waals surface area contributed by atoms with Crippen molar-refractivity contribution < 1.29 is 0 Å². The molecule has 20 heavy (non-hydrogen) atoms. The van der Waals surface area contributed by atoms with E-state index in [1.807, 2.05) is 36.4 Å². The maximum absolute atomic E-state index is 5.95. The minimum Gasteiger partial charge on any atom is -0.384 e. The molecule has 1 fully saturated rings. The molecule has 0 bridgehead atoms. The zero-order chi connectivity index (χ0) is 14.1. The first-order valence-corrected chi connectivity index (χ1v) is 7.08. The summed E-state index contributed by atoms with van der Waals surface area (Å²) in [5, 5.41) is 0. The molecule has 3 rings (SSSR count). The quantitative estimate of drug-likeness (QED) is 0.926. The fourth-order valence-corrected chi connectivity index (χ4v) is 2.45. The Morgan fingerprint density at radius 3 is 2.55 bits per heavy atom. The van der Waals surface area contributed by atoms with Crippen molar-refractivity contribution in [2.45, 2.75) is 25.8 Å². The summed E-state index contributed by atoms with van der Waals surface area (Å²) >= 11 is 0. The number of hydrogen-bond donors (Lipinski definition) is 1. The second kappa shape index (κ2) is 5.12. The Labute approximate surface area is 119 Å². The van der Waals surface area contributed by atoms with Gasteiger partial charge in [-0.05, 0) is 25.7 Å². The topological polar surface area (TPSA) is 55.0 Å². The molecule has 1 saturated carbocycles. The van der Waals surface area contributed by atoms with Crippen molar-refractivity contribution in [3.05, 3.63) is 36.4 Å². The number of nitrogens with zero attached hydrogens (tertiary/aromatic N) is 3. The molecule has 4 nitrogen and oxygen atoms in total. The van der Waals surface area contributed by atoms with Crippen molar-refractivity contribution in [2.24, 2.45) is 5.92 Å². The van der Waals surface area contributed by atoms with E-state index in [4.69, 9.17) is 5.73 Å². The van der Waals surface area contributed by atoms with Gasteiger partial charge in [0.1, 0.15) is 11.6 Å². The van der Waals surface area contributed by atoms with Gasteiger partial charge in [-0.1, -0.05) is 30.3 Å². The van der Waals surface area contributed by atoms with Crippen LogP contribution in [0.1, 0.15) is 19.8 Å². The fourth-order valence-electron chi connectivity index (χ4n) is 2.45. The van der Waals surface area contributed by atoms with Gasteiger partial charge in [-0.15, -0.1) is 0 Å². The van der Waals surface area contributed by atoms with Gasteiger partial charge in [0.15, 0.2) is 5.82 Å². The van der Waals surface area contributed by atoms with Crippen LogP contribution in [0, 0.1) is 5.92 Å². The monoisotopic (exact) mass is 268 g/mol. The SMILES string of the molecule is CC(C1CC1)N(C)c1cc(N)nc(-c2ccccc2)n1. The third kappa shape index (κ3) is 2.59. The minimum absolute atomic E-state index is 0.493. The van der Waals surface area contributed by atoms with Gasteiger partial charge in [0.25, 0.3) is 0 Å². The average Bonchev–Trinajstić information content (AvgIpc) is 3.30. The molecule has 2 N–H and O–H groups in total. The summed E-state index contributed by atoms with van der Waals surface area (Å²) in [6, 6.07) is 12.3. The average molecular weight is 268 g/mol. The van der Waals surface area contributed by atoms with E-state index in [0.29, 0.717) is 17.7 Å². The van der Waals surface area contributed by atoms with Crippen molar-refractivity contribution >= 4 is 11.6 Å². The van der Waals surface area contributed by atoms with E-state index in [1.165, 1.54) is 12.8 Å². The highest BCUT2D eigenvalue weighted by atomic mass is 15.2. The molecule has 2 aromatic rings. The van der Waals surface area contributed by atoms with Gasteiger partial charge in [0.2, 0.25) is 0 Å². The van der Waals surface area contributed by atoms with Gasteiger partial charge in [0, 0.05) is 24.7 Å². The summed E-state index contributed by atoms with van der Waals surface area (Å²) in [5.41, 5.74) is 6.94. The van der Waals surface area contributed by atoms with E-state index in [-0.39, 0.29) is 0 Å². The third-order valence-electron chi connectivity index (χ3n) is 4.04. The molecular weight excluding hydrogens is 248 g/mol. The number of hydrogen-bond acceptors (Lipinski definition) is 4. The van der Waals surface area contributed by atoms with Gasteiger partial charge in [-0.25, -0.2) is 9.97 Å². The minimum atomic E-state index is 0.493. The van der Waals surface area contributed by atoms with Crippen molar-refractivity contribution in [3.8, 4) is 11.4 Å². The Balaban J connectivity index is 1.94. The molecule has 0 aliphatic heterocycles. The van der Waals surface area contributed by atoms with Crippen LogP contribution in [0.2, 0.25) is 0 Å². The Kier molecular flexibility index (Phi) is 3.30. The maximum atomic E-state index is 5.95. The molecule has 1 aromatic carbocycles. The first kappa shape index (κ1) is 12.9. The second-order valence-corrected chi connectivity index (χ2v) is 5.53. The maximum Gasteiger partial charge on any atom is 0.163 e. The smallest absolute Gasteiger partial charge is 0.163 e. The lowest BCUT2D eigenvalue weighted by atomic mass is 10.2. The van der Waals surface area contributed by atoms with Gasteiger partial charge in [-0.2, -0.15) is 0 Å². The fraction of sp³-hybridized carbons (Fsp3) is 0.375. The van der Waals surface area contributed by atoms with E-state index >= 15 is 0 Å². The van der Waals surface area contributed by atoms with Crippen molar-refractivity contribution in [1.82, 2.24) is 9.97 Å². The molecular formula is C16H20N4. The molecule has 4 heteroatoms. The van der Waals surface area contributed by atoms with Crippen LogP contribution in [0.15, 0.2) is 36.4 Å². The molecule has 0 radical (unpaired) electrons. The lowest BCUT2D eigenvalue weighted by molar-refractivity contribution is 0.604. The Morgan fingerprint density at radius 1 is 1.20 bits per heavy atom. The molecule has 0 amide bonds. The van der Waals surface area contributed by atoms with Crippen molar-refractivity contribution in [2.75, 3.05) is 17.7 Å². The molecule has 1 aromatic heterocycles. The van der Waals surface area contributed by atoms with Gasteiger partial charge in [0.05, 0.1) is 0 Å². The van der Waals surface area contributed by atoms with E-state index in [0.717, 1.165) is 17.3 Å². The van der Waals surface area contributed by atoms with Crippen LogP contribution in [0.4, 0.5) is 11.6 Å². The highest BCUT2D eigenvalue weighted by Gasteiger charge is 2.31. The summed E-state index contributed by atoms with van der Waals surface area (Å²) in [5.74, 6) is 2.89. The van der Waals surface area contributed by atoms with Crippen LogP contribution < -0.4 is 10.6 Å². The largest absolute Gasteiger partial charge is 0.384 e. The van der Waals surface area contributed by atoms with Crippen LogP contribution in [-0.4, -0.2) is 23.1 Å². The summed E-state index contributed by atoms with van der Waals surface area (Å²) in [6.07, 6.45) is 2.63. The predicted molar refractivity (Wildman–Crippen MR) is 82.5 cm³/mol. The van der Waals surface area contributed by atoms with E-state index in [2.05, 4.69) is 28.8 Å². The second-order valence-electron chi connectivity index (χ2n) is 5.53. The molecule has 0 spiro atoms. The van der Waals surface area contributed by atoms with E-state index in [1.54, 1.807) is 0 Å². The molecule has 104 valence electrons. The van der Waals surface area contributed by atoms with Crippen LogP contribution in [-0.2, 0) is 0 Å². The number of anilines is 2.